The van der Waals surface area contributed by atoms with Crippen LogP contribution in [0.3, 0.4) is 0 Å². The molecule has 3 rings (SSSR count). The zero-order valence-corrected chi connectivity index (χ0v) is 14.8. The van der Waals surface area contributed by atoms with E-state index in [0.29, 0.717) is 21.7 Å². The number of nitrogens with one attached hydrogen (secondary N) is 1. The van der Waals surface area contributed by atoms with E-state index in [1.54, 1.807) is 18.2 Å². The first kappa shape index (κ1) is 16.7. The maximum atomic E-state index is 12.9. The van der Waals surface area contributed by atoms with E-state index in [0.717, 1.165) is 16.2 Å². The van der Waals surface area contributed by atoms with Gasteiger partial charge in [-0.05, 0) is 36.4 Å². The van der Waals surface area contributed by atoms with Gasteiger partial charge < -0.3 is 0 Å². The summed E-state index contributed by atoms with van der Waals surface area (Å²) in [5.41, 5.74) is 3.16. The number of thioether (sulfide) groups is 1. The van der Waals surface area contributed by atoms with E-state index in [4.69, 9.17) is 5.84 Å². The molecular formula is C16H13BrN4O2S. The first-order valence-corrected chi connectivity index (χ1v) is 8.78. The van der Waals surface area contributed by atoms with Gasteiger partial charge in [0.15, 0.2) is 5.16 Å². The average Bonchev–Trinajstić information content (AvgIpc) is 2.61. The van der Waals surface area contributed by atoms with Gasteiger partial charge in [-0.25, -0.2) is 10.8 Å². The molecule has 0 bridgehead atoms. The molecule has 3 N–H and O–H groups in total. The molecule has 3 aromatic rings. The fourth-order valence-electron chi connectivity index (χ4n) is 2.20. The molecule has 0 fully saturated rings. The van der Waals surface area contributed by atoms with Crippen LogP contribution in [0.4, 0.5) is 0 Å². The molecule has 0 saturated heterocycles. The smallest absolute Gasteiger partial charge is 0.266 e. The van der Waals surface area contributed by atoms with Gasteiger partial charge in [-0.1, -0.05) is 39.8 Å². The van der Waals surface area contributed by atoms with Gasteiger partial charge in [0.25, 0.3) is 5.56 Å². The predicted molar refractivity (Wildman–Crippen MR) is 98.1 cm³/mol. The van der Waals surface area contributed by atoms with Crippen molar-refractivity contribution < 1.29 is 4.79 Å². The number of nitrogens with two attached hydrogens (primary N) is 1. The van der Waals surface area contributed by atoms with Crippen molar-refractivity contribution in [1.29, 1.82) is 0 Å². The summed E-state index contributed by atoms with van der Waals surface area (Å²) >= 11 is 4.53. The van der Waals surface area contributed by atoms with Gasteiger partial charge in [0.2, 0.25) is 5.91 Å². The number of halogens is 1. The lowest BCUT2D eigenvalue weighted by molar-refractivity contribution is -0.118. The Morgan fingerprint density at radius 1 is 1.21 bits per heavy atom. The Kier molecular flexibility index (Phi) is 4.98. The zero-order valence-electron chi connectivity index (χ0n) is 12.4. The number of fused-ring (bicyclic) bond motifs is 1. The van der Waals surface area contributed by atoms with E-state index >= 15 is 0 Å². The summed E-state index contributed by atoms with van der Waals surface area (Å²) in [4.78, 5) is 28.9. The van der Waals surface area contributed by atoms with E-state index in [1.165, 1.54) is 4.57 Å². The van der Waals surface area contributed by atoms with E-state index in [-0.39, 0.29) is 17.2 Å². The molecule has 0 aliphatic heterocycles. The van der Waals surface area contributed by atoms with Gasteiger partial charge in [0.1, 0.15) is 0 Å². The fourth-order valence-corrected chi connectivity index (χ4v) is 3.29. The summed E-state index contributed by atoms with van der Waals surface area (Å²) < 4.78 is 2.41. The summed E-state index contributed by atoms with van der Waals surface area (Å²) in [5, 5.41) is 0.956. The topological polar surface area (TPSA) is 90.0 Å². The van der Waals surface area contributed by atoms with E-state index < -0.39 is 0 Å². The molecular weight excluding hydrogens is 392 g/mol. The Balaban J connectivity index is 2.19. The Hall–Kier alpha value is -2.16. The van der Waals surface area contributed by atoms with Crippen molar-refractivity contribution in [3.05, 3.63) is 63.4 Å². The standard InChI is InChI=1S/C16H13BrN4O2S/c17-10-5-7-11(8-6-10)21-15(23)12-3-1-2-4-13(12)19-16(21)24-9-14(22)20-18/h1-8H,9,18H2,(H,20,22). The monoisotopic (exact) mass is 404 g/mol. The van der Waals surface area contributed by atoms with Crippen molar-refractivity contribution in [2.24, 2.45) is 5.84 Å². The minimum Gasteiger partial charge on any atom is -0.294 e. The Labute approximate surface area is 150 Å². The third-order valence-electron chi connectivity index (χ3n) is 3.32. The lowest BCUT2D eigenvalue weighted by Gasteiger charge is -2.13. The maximum absolute atomic E-state index is 12.9. The highest BCUT2D eigenvalue weighted by molar-refractivity contribution is 9.10. The van der Waals surface area contributed by atoms with E-state index in [1.807, 2.05) is 30.3 Å². The Morgan fingerprint density at radius 2 is 1.92 bits per heavy atom. The van der Waals surface area contributed by atoms with Crippen LogP contribution in [-0.2, 0) is 4.79 Å². The highest BCUT2D eigenvalue weighted by atomic mass is 79.9. The summed E-state index contributed by atoms with van der Waals surface area (Å²) in [6.45, 7) is 0. The van der Waals surface area contributed by atoms with Gasteiger partial charge in [-0.2, -0.15) is 0 Å². The van der Waals surface area contributed by atoms with Crippen LogP contribution in [0, 0.1) is 0 Å². The lowest BCUT2D eigenvalue weighted by Crippen LogP contribution is -2.32. The summed E-state index contributed by atoms with van der Waals surface area (Å²) in [6, 6.07) is 14.4. The largest absolute Gasteiger partial charge is 0.294 e. The second-order valence-corrected chi connectivity index (χ2v) is 6.74. The van der Waals surface area contributed by atoms with Gasteiger partial charge >= 0.3 is 0 Å². The van der Waals surface area contributed by atoms with Crippen molar-refractivity contribution in [2.75, 3.05) is 5.75 Å². The number of para-hydroxylation sites is 1. The molecule has 0 aliphatic rings. The number of rotatable bonds is 4. The molecule has 0 atom stereocenters. The zero-order chi connectivity index (χ0) is 17.1. The quantitative estimate of drug-likeness (QED) is 0.229. The third-order valence-corrected chi connectivity index (χ3v) is 4.79. The van der Waals surface area contributed by atoms with Crippen molar-refractivity contribution in [2.45, 2.75) is 5.16 Å². The summed E-state index contributed by atoms with van der Waals surface area (Å²) in [7, 11) is 0. The molecule has 1 amide bonds. The van der Waals surface area contributed by atoms with Crippen LogP contribution in [0.25, 0.3) is 16.6 Å². The van der Waals surface area contributed by atoms with Crippen LogP contribution >= 0.6 is 27.7 Å². The minimum absolute atomic E-state index is 0.0673. The number of aromatic nitrogens is 2. The Bertz CT molecular complexity index is 956. The predicted octanol–water partition coefficient (Wildman–Crippen LogP) is 2.23. The number of hydrogen-bond donors (Lipinski definition) is 2. The molecule has 1 heterocycles. The lowest BCUT2D eigenvalue weighted by atomic mass is 10.2. The molecule has 0 saturated carbocycles. The van der Waals surface area contributed by atoms with Crippen LogP contribution in [0.15, 0.2) is 63.0 Å². The first-order chi connectivity index (χ1) is 11.6. The maximum Gasteiger partial charge on any atom is 0.266 e. The normalized spacial score (nSPS) is 10.8. The number of carbonyl (C=O) groups excluding carboxylic acids is 1. The second kappa shape index (κ2) is 7.16. The number of amides is 1. The number of hydrazine groups is 1. The van der Waals surface area contributed by atoms with Gasteiger partial charge in [0.05, 0.1) is 22.3 Å². The molecule has 1 aromatic heterocycles. The molecule has 0 radical (unpaired) electrons. The van der Waals surface area contributed by atoms with Crippen LogP contribution in [0.5, 0.6) is 0 Å². The number of carbonyl (C=O) groups is 1. The van der Waals surface area contributed by atoms with Crippen molar-refractivity contribution >= 4 is 44.5 Å². The van der Waals surface area contributed by atoms with Crippen LogP contribution in [0.1, 0.15) is 0 Å². The average molecular weight is 405 g/mol. The van der Waals surface area contributed by atoms with Crippen LogP contribution in [0.2, 0.25) is 0 Å². The fraction of sp³-hybridized carbons (Fsp3) is 0.0625. The van der Waals surface area contributed by atoms with Crippen LogP contribution < -0.4 is 16.8 Å². The van der Waals surface area contributed by atoms with Gasteiger partial charge in [-0.15, -0.1) is 0 Å². The molecule has 0 aliphatic carbocycles. The van der Waals surface area contributed by atoms with Gasteiger partial charge in [-0.3, -0.25) is 19.6 Å². The second-order valence-electron chi connectivity index (χ2n) is 4.88. The number of hydrogen-bond acceptors (Lipinski definition) is 5. The first-order valence-electron chi connectivity index (χ1n) is 7.00. The molecule has 24 heavy (non-hydrogen) atoms. The highest BCUT2D eigenvalue weighted by Crippen LogP contribution is 2.22. The highest BCUT2D eigenvalue weighted by Gasteiger charge is 2.14. The van der Waals surface area contributed by atoms with Crippen molar-refractivity contribution in [1.82, 2.24) is 15.0 Å². The molecule has 122 valence electrons. The SMILES string of the molecule is NNC(=O)CSc1nc2ccccc2c(=O)n1-c1ccc(Br)cc1. The minimum atomic E-state index is -0.343. The number of nitrogens with zero attached hydrogens (tertiary/aromatic N) is 2. The Morgan fingerprint density at radius 3 is 2.62 bits per heavy atom. The van der Waals surface area contributed by atoms with E-state index in [9.17, 15) is 9.59 Å². The summed E-state index contributed by atoms with van der Waals surface area (Å²) in [5.74, 6) is 4.84. The molecule has 0 unspecified atom stereocenters. The van der Waals surface area contributed by atoms with E-state index in [2.05, 4.69) is 26.3 Å². The van der Waals surface area contributed by atoms with Crippen molar-refractivity contribution in [3.8, 4) is 5.69 Å². The number of benzene rings is 2. The molecule has 6 nitrogen and oxygen atoms in total. The third kappa shape index (κ3) is 3.35. The molecule has 8 heteroatoms. The van der Waals surface area contributed by atoms with Crippen molar-refractivity contribution in [3.63, 3.8) is 0 Å². The molecule has 2 aromatic carbocycles. The summed E-state index contributed by atoms with van der Waals surface area (Å²) in [6.07, 6.45) is 0. The molecule has 0 spiro atoms. The van der Waals surface area contributed by atoms with Gasteiger partial charge in [0, 0.05) is 4.47 Å². The van der Waals surface area contributed by atoms with Crippen LogP contribution in [-0.4, -0.2) is 21.2 Å².